The molecule has 0 radical (unpaired) electrons. The van der Waals surface area contributed by atoms with Crippen LogP contribution in [0, 0.1) is 34.6 Å². The Hall–Kier alpha value is -3.20. The number of hydrogen-bond acceptors (Lipinski definition) is 2. The molecular formula is C18H8F4N2. The number of nitrogens with zero attached hydrogens (tertiary/aromatic N) is 2. The van der Waals surface area contributed by atoms with E-state index >= 15 is 0 Å². The Morgan fingerprint density at radius 3 is 1.92 bits per heavy atom. The largest absolute Gasteiger partial charge is 0.236 e. The molecule has 2 aromatic carbocycles. The van der Waals surface area contributed by atoms with Crippen molar-refractivity contribution >= 4 is 0 Å². The van der Waals surface area contributed by atoms with Gasteiger partial charge in [0.25, 0.3) is 0 Å². The summed E-state index contributed by atoms with van der Waals surface area (Å²) in [7, 11) is 0. The number of benzene rings is 2. The summed E-state index contributed by atoms with van der Waals surface area (Å²) in [4.78, 5) is 3.95. The van der Waals surface area contributed by atoms with Crippen LogP contribution in [0.1, 0.15) is 5.69 Å². The molecule has 1 heterocycles. The Kier molecular flexibility index (Phi) is 4.00. The first-order valence-corrected chi connectivity index (χ1v) is 6.83. The summed E-state index contributed by atoms with van der Waals surface area (Å²) in [6, 6.07) is 11.5. The van der Waals surface area contributed by atoms with Crippen molar-refractivity contribution < 1.29 is 17.6 Å². The van der Waals surface area contributed by atoms with E-state index in [1.165, 1.54) is 36.4 Å². The maximum Gasteiger partial charge on any atom is 0.168 e. The van der Waals surface area contributed by atoms with Crippen molar-refractivity contribution in [3.63, 3.8) is 0 Å². The molecule has 0 unspecified atom stereocenters. The van der Waals surface area contributed by atoms with Gasteiger partial charge in [0.2, 0.25) is 0 Å². The molecule has 3 aromatic rings. The van der Waals surface area contributed by atoms with E-state index in [9.17, 15) is 22.8 Å². The molecule has 3 rings (SSSR count). The van der Waals surface area contributed by atoms with E-state index in [0.717, 1.165) is 12.1 Å². The SMILES string of the molecule is N#Cc1nc(-c2cccc(F)c2F)ccc1-c1cccc(F)c1F. The van der Waals surface area contributed by atoms with Gasteiger partial charge in [-0.15, -0.1) is 0 Å². The Morgan fingerprint density at radius 2 is 1.29 bits per heavy atom. The third-order valence-electron chi connectivity index (χ3n) is 3.47. The maximum atomic E-state index is 13.9. The van der Waals surface area contributed by atoms with Crippen molar-refractivity contribution in [2.24, 2.45) is 0 Å². The van der Waals surface area contributed by atoms with E-state index in [1.54, 1.807) is 6.07 Å². The van der Waals surface area contributed by atoms with Gasteiger partial charge in [-0.3, -0.25) is 0 Å². The van der Waals surface area contributed by atoms with Crippen LogP contribution in [0.4, 0.5) is 17.6 Å². The topological polar surface area (TPSA) is 36.7 Å². The average Bonchev–Trinajstić information content (AvgIpc) is 2.59. The van der Waals surface area contributed by atoms with Gasteiger partial charge in [0, 0.05) is 16.7 Å². The first kappa shape index (κ1) is 15.7. The molecule has 2 nitrogen and oxygen atoms in total. The number of aromatic nitrogens is 1. The molecule has 1 aromatic heterocycles. The van der Waals surface area contributed by atoms with Crippen LogP contribution in [0.2, 0.25) is 0 Å². The number of pyridine rings is 1. The molecule has 0 saturated heterocycles. The molecule has 6 heteroatoms. The Labute approximate surface area is 134 Å². The van der Waals surface area contributed by atoms with Crippen LogP contribution < -0.4 is 0 Å². The zero-order chi connectivity index (χ0) is 17.3. The summed E-state index contributed by atoms with van der Waals surface area (Å²) in [6.45, 7) is 0. The highest BCUT2D eigenvalue weighted by atomic mass is 19.2. The van der Waals surface area contributed by atoms with Gasteiger partial charge in [0.1, 0.15) is 11.8 Å². The molecule has 0 spiro atoms. The van der Waals surface area contributed by atoms with Gasteiger partial charge in [0.05, 0.1) is 5.69 Å². The lowest BCUT2D eigenvalue weighted by molar-refractivity contribution is 0.510. The molecule has 0 atom stereocenters. The zero-order valence-corrected chi connectivity index (χ0v) is 12.0. The van der Waals surface area contributed by atoms with Gasteiger partial charge in [-0.1, -0.05) is 18.2 Å². The fraction of sp³-hybridized carbons (Fsp3) is 0. The lowest BCUT2D eigenvalue weighted by Gasteiger charge is -2.09. The molecule has 0 aliphatic heterocycles. The van der Waals surface area contributed by atoms with Gasteiger partial charge in [-0.2, -0.15) is 5.26 Å². The summed E-state index contributed by atoms with van der Waals surface area (Å²) in [5.74, 6) is -4.32. The maximum absolute atomic E-state index is 13.9. The molecule has 0 amide bonds. The summed E-state index contributed by atoms with van der Waals surface area (Å²) in [6.07, 6.45) is 0. The molecule has 0 aliphatic rings. The highest BCUT2D eigenvalue weighted by Crippen LogP contribution is 2.30. The number of nitriles is 1. The highest BCUT2D eigenvalue weighted by Gasteiger charge is 2.17. The monoisotopic (exact) mass is 328 g/mol. The van der Waals surface area contributed by atoms with Crippen molar-refractivity contribution in [3.05, 3.63) is 77.5 Å². The summed E-state index contributed by atoms with van der Waals surface area (Å²) < 4.78 is 54.5. The third-order valence-corrected chi connectivity index (χ3v) is 3.47. The van der Waals surface area contributed by atoms with E-state index < -0.39 is 23.3 Å². The van der Waals surface area contributed by atoms with Gasteiger partial charge in [-0.05, 0) is 30.3 Å². The Morgan fingerprint density at radius 1 is 0.708 bits per heavy atom. The van der Waals surface area contributed by atoms with Crippen molar-refractivity contribution in [1.29, 1.82) is 5.26 Å². The minimum atomic E-state index is -1.11. The van der Waals surface area contributed by atoms with Crippen molar-refractivity contribution in [1.82, 2.24) is 4.98 Å². The van der Waals surface area contributed by atoms with Gasteiger partial charge in [0.15, 0.2) is 23.3 Å². The highest BCUT2D eigenvalue weighted by molar-refractivity contribution is 5.72. The number of hydrogen-bond donors (Lipinski definition) is 0. The predicted octanol–water partition coefficient (Wildman–Crippen LogP) is 4.84. The predicted molar refractivity (Wildman–Crippen MR) is 79.7 cm³/mol. The lowest BCUT2D eigenvalue weighted by atomic mass is 10.0. The Bertz CT molecular complexity index is 977. The molecule has 118 valence electrons. The van der Waals surface area contributed by atoms with Gasteiger partial charge >= 0.3 is 0 Å². The smallest absolute Gasteiger partial charge is 0.168 e. The quantitative estimate of drug-likeness (QED) is 0.631. The van der Waals surface area contributed by atoms with Crippen molar-refractivity contribution in [2.45, 2.75) is 0 Å². The second-order valence-electron chi connectivity index (χ2n) is 4.91. The summed E-state index contributed by atoms with van der Waals surface area (Å²) >= 11 is 0. The van der Waals surface area contributed by atoms with Gasteiger partial charge in [-0.25, -0.2) is 22.5 Å². The minimum Gasteiger partial charge on any atom is -0.236 e. The molecule has 0 saturated carbocycles. The van der Waals surface area contributed by atoms with Crippen molar-refractivity contribution in [2.75, 3.05) is 0 Å². The second-order valence-corrected chi connectivity index (χ2v) is 4.91. The van der Waals surface area contributed by atoms with Crippen molar-refractivity contribution in [3.8, 4) is 28.5 Å². The fourth-order valence-corrected chi connectivity index (χ4v) is 2.33. The van der Waals surface area contributed by atoms with E-state index in [0.29, 0.717) is 0 Å². The van der Waals surface area contributed by atoms with E-state index in [2.05, 4.69) is 4.98 Å². The average molecular weight is 328 g/mol. The molecular weight excluding hydrogens is 320 g/mol. The second kappa shape index (κ2) is 6.13. The number of rotatable bonds is 2. The third kappa shape index (κ3) is 2.61. The van der Waals surface area contributed by atoms with Crippen LogP contribution in [0.3, 0.4) is 0 Å². The zero-order valence-electron chi connectivity index (χ0n) is 12.0. The van der Waals surface area contributed by atoms with E-state index in [4.69, 9.17) is 0 Å². The normalized spacial score (nSPS) is 10.5. The molecule has 0 aliphatic carbocycles. The van der Waals surface area contributed by atoms with Crippen LogP contribution >= 0.6 is 0 Å². The minimum absolute atomic E-state index is 0.0177. The fourth-order valence-electron chi connectivity index (χ4n) is 2.33. The van der Waals surface area contributed by atoms with E-state index in [1.807, 2.05) is 0 Å². The lowest BCUT2D eigenvalue weighted by Crippen LogP contribution is -1.97. The molecule has 0 fully saturated rings. The molecule has 0 N–H and O–H groups in total. The van der Waals surface area contributed by atoms with Crippen LogP contribution in [-0.2, 0) is 0 Å². The van der Waals surface area contributed by atoms with Crippen LogP contribution in [-0.4, -0.2) is 4.98 Å². The Balaban J connectivity index is 2.18. The van der Waals surface area contributed by atoms with Crippen LogP contribution in [0.15, 0.2) is 48.5 Å². The summed E-state index contributed by atoms with van der Waals surface area (Å²) in [5, 5.41) is 9.24. The van der Waals surface area contributed by atoms with Crippen LogP contribution in [0.5, 0.6) is 0 Å². The summed E-state index contributed by atoms with van der Waals surface area (Å²) in [5.41, 5.74) is -0.400. The first-order chi connectivity index (χ1) is 11.5. The van der Waals surface area contributed by atoms with Gasteiger partial charge < -0.3 is 0 Å². The van der Waals surface area contributed by atoms with Crippen LogP contribution in [0.25, 0.3) is 22.4 Å². The van der Waals surface area contributed by atoms with E-state index in [-0.39, 0.29) is 28.1 Å². The molecule has 0 bridgehead atoms. The standard InChI is InChI=1S/C18H8F4N2/c19-13-5-1-3-11(17(13)21)10-7-8-15(24-16(10)9-23)12-4-2-6-14(20)18(12)22/h1-8H. The first-order valence-electron chi connectivity index (χ1n) is 6.83. The molecule has 24 heavy (non-hydrogen) atoms. The number of halogens is 4.